The highest BCUT2D eigenvalue weighted by atomic mass is 16.3. The quantitative estimate of drug-likeness (QED) is 0.770. The predicted molar refractivity (Wildman–Crippen MR) is 61.0 cm³/mol. The maximum atomic E-state index is 10.6. The normalized spacial score (nSPS) is 9.75. The van der Waals surface area contributed by atoms with Crippen molar-refractivity contribution in [2.24, 2.45) is 0 Å². The van der Waals surface area contributed by atoms with Gasteiger partial charge in [0, 0.05) is 23.5 Å². The molecule has 0 atom stereocenters. The van der Waals surface area contributed by atoms with Crippen molar-refractivity contribution in [3.05, 3.63) is 48.2 Å². The van der Waals surface area contributed by atoms with Gasteiger partial charge in [0.2, 0.25) is 0 Å². The second-order valence-corrected chi connectivity index (χ2v) is 3.27. The molecule has 0 aliphatic carbocycles. The maximum Gasteiger partial charge on any atom is 0.150 e. The zero-order chi connectivity index (χ0) is 11.4. The fourth-order valence-corrected chi connectivity index (χ4v) is 1.32. The number of carbonyl (C=O) groups is 1. The molecule has 2 rings (SSSR count). The van der Waals surface area contributed by atoms with Crippen LogP contribution in [0.1, 0.15) is 10.4 Å². The summed E-state index contributed by atoms with van der Waals surface area (Å²) in [6, 6.07) is 9.95. The first-order valence-corrected chi connectivity index (χ1v) is 4.75. The zero-order valence-electron chi connectivity index (χ0n) is 8.42. The van der Waals surface area contributed by atoms with Gasteiger partial charge in [-0.2, -0.15) is 0 Å². The Morgan fingerprint density at radius 3 is 2.88 bits per heavy atom. The fourth-order valence-electron chi connectivity index (χ4n) is 1.32. The summed E-state index contributed by atoms with van der Waals surface area (Å²) in [5, 5.41) is 12.3. The van der Waals surface area contributed by atoms with Crippen LogP contribution in [0.25, 0.3) is 0 Å². The van der Waals surface area contributed by atoms with Crippen molar-refractivity contribution >= 4 is 17.8 Å². The Kier molecular flexibility index (Phi) is 2.82. The van der Waals surface area contributed by atoms with Crippen LogP contribution in [0.15, 0.2) is 42.6 Å². The van der Waals surface area contributed by atoms with Crippen molar-refractivity contribution in [3.8, 4) is 5.75 Å². The molecule has 1 heterocycles. The van der Waals surface area contributed by atoms with E-state index in [1.54, 1.807) is 42.6 Å². The lowest BCUT2D eigenvalue weighted by Crippen LogP contribution is -1.94. The van der Waals surface area contributed by atoms with Crippen LogP contribution in [0.3, 0.4) is 0 Å². The van der Waals surface area contributed by atoms with E-state index in [2.05, 4.69) is 10.3 Å². The number of phenols is 1. The minimum absolute atomic E-state index is 0.177. The monoisotopic (exact) mass is 214 g/mol. The second-order valence-electron chi connectivity index (χ2n) is 3.27. The molecule has 0 unspecified atom stereocenters. The number of nitrogens with one attached hydrogen (secondary N) is 1. The van der Waals surface area contributed by atoms with Crippen molar-refractivity contribution in [1.82, 2.24) is 4.98 Å². The van der Waals surface area contributed by atoms with Gasteiger partial charge >= 0.3 is 0 Å². The van der Waals surface area contributed by atoms with Gasteiger partial charge in [0.15, 0.2) is 0 Å². The molecular formula is C12H10N2O2. The predicted octanol–water partition coefficient (Wildman–Crippen LogP) is 2.34. The molecule has 4 nitrogen and oxygen atoms in total. The van der Waals surface area contributed by atoms with Crippen LogP contribution < -0.4 is 5.32 Å². The van der Waals surface area contributed by atoms with E-state index in [0.717, 1.165) is 12.0 Å². The number of phenolic OH excluding ortho intramolecular Hbond substituents is 1. The van der Waals surface area contributed by atoms with Gasteiger partial charge in [0.05, 0.1) is 0 Å². The number of hydrogen-bond donors (Lipinski definition) is 2. The molecule has 0 aliphatic heterocycles. The Bertz CT molecular complexity index is 512. The van der Waals surface area contributed by atoms with E-state index in [0.29, 0.717) is 11.4 Å². The molecule has 4 heteroatoms. The Hall–Kier alpha value is -2.36. The number of aldehydes is 1. The summed E-state index contributed by atoms with van der Waals surface area (Å²) in [4.78, 5) is 14.6. The molecule has 2 aromatic rings. The number of aromatic nitrogens is 1. The molecular weight excluding hydrogens is 204 g/mol. The topological polar surface area (TPSA) is 62.2 Å². The lowest BCUT2D eigenvalue weighted by atomic mass is 10.2. The lowest BCUT2D eigenvalue weighted by Gasteiger charge is -2.05. The van der Waals surface area contributed by atoms with E-state index < -0.39 is 0 Å². The van der Waals surface area contributed by atoms with E-state index in [1.807, 2.05) is 0 Å². The second kappa shape index (κ2) is 4.44. The third-order valence-electron chi connectivity index (χ3n) is 2.04. The maximum absolute atomic E-state index is 10.6. The van der Waals surface area contributed by atoms with Crippen LogP contribution in [0.4, 0.5) is 11.5 Å². The molecule has 80 valence electrons. The van der Waals surface area contributed by atoms with Gasteiger partial charge in [0.25, 0.3) is 0 Å². The number of benzene rings is 1. The highest BCUT2D eigenvalue weighted by molar-refractivity contribution is 5.76. The summed E-state index contributed by atoms with van der Waals surface area (Å²) >= 11 is 0. The number of nitrogens with zero attached hydrogens (tertiary/aromatic N) is 1. The van der Waals surface area contributed by atoms with Crippen molar-refractivity contribution in [2.45, 2.75) is 0 Å². The van der Waals surface area contributed by atoms with Crippen LogP contribution in [-0.4, -0.2) is 16.4 Å². The first-order valence-electron chi connectivity index (χ1n) is 4.75. The summed E-state index contributed by atoms with van der Waals surface area (Å²) < 4.78 is 0. The Morgan fingerprint density at radius 2 is 2.12 bits per heavy atom. The molecule has 0 amide bonds. The van der Waals surface area contributed by atoms with E-state index in [4.69, 9.17) is 0 Å². The molecule has 1 aromatic carbocycles. The van der Waals surface area contributed by atoms with Gasteiger partial charge in [0.1, 0.15) is 17.9 Å². The number of rotatable bonds is 3. The molecule has 0 aliphatic rings. The number of anilines is 2. The molecule has 1 aromatic heterocycles. The molecule has 0 bridgehead atoms. The van der Waals surface area contributed by atoms with E-state index >= 15 is 0 Å². The minimum atomic E-state index is 0.177. The first kappa shape index (κ1) is 10.2. The lowest BCUT2D eigenvalue weighted by molar-refractivity contribution is 0.112. The number of pyridine rings is 1. The van der Waals surface area contributed by atoms with Gasteiger partial charge < -0.3 is 10.4 Å². The molecule has 16 heavy (non-hydrogen) atoms. The first-order chi connectivity index (χ1) is 7.78. The van der Waals surface area contributed by atoms with E-state index in [1.165, 1.54) is 0 Å². The fraction of sp³-hybridized carbons (Fsp3) is 0. The van der Waals surface area contributed by atoms with Crippen LogP contribution >= 0.6 is 0 Å². The van der Waals surface area contributed by atoms with Crippen molar-refractivity contribution in [2.75, 3.05) is 5.32 Å². The van der Waals surface area contributed by atoms with Crippen molar-refractivity contribution < 1.29 is 9.90 Å². The average Bonchev–Trinajstić information content (AvgIpc) is 2.29. The van der Waals surface area contributed by atoms with Crippen LogP contribution in [0.2, 0.25) is 0 Å². The number of hydrogen-bond acceptors (Lipinski definition) is 4. The smallest absolute Gasteiger partial charge is 0.150 e. The summed E-state index contributed by atoms with van der Waals surface area (Å²) in [6.45, 7) is 0. The van der Waals surface area contributed by atoms with Crippen molar-refractivity contribution in [1.29, 1.82) is 0 Å². The van der Waals surface area contributed by atoms with Crippen molar-refractivity contribution in [3.63, 3.8) is 0 Å². The van der Waals surface area contributed by atoms with Gasteiger partial charge in [-0.3, -0.25) is 4.79 Å². The zero-order valence-corrected chi connectivity index (χ0v) is 8.42. The van der Waals surface area contributed by atoms with E-state index in [-0.39, 0.29) is 5.75 Å². The Morgan fingerprint density at radius 1 is 1.25 bits per heavy atom. The Labute approximate surface area is 92.6 Å². The third-order valence-corrected chi connectivity index (χ3v) is 2.04. The van der Waals surface area contributed by atoms with E-state index in [9.17, 15) is 9.90 Å². The minimum Gasteiger partial charge on any atom is -0.508 e. The molecule has 2 N–H and O–H groups in total. The highest BCUT2D eigenvalue weighted by Crippen LogP contribution is 2.19. The molecule has 0 saturated heterocycles. The molecule has 0 saturated carbocycles. The third kappa shape index (κ3) is 2.36. The SMILES string of the molecule is O=Cc1ccnc(Nc2cccc(O)c2)c1. The van der Waals surface area contributed by atoms with Crippen LogP contribution in [0.5, 0.6) is 5.75 Å². The number of aromatic hydroxyl groups is 1. The summed E-state index contributed by atoms with van der Waals surface area (Å²) in [7, 11) is 0. The standard InChI is InChI=1S/C12H10N2O2/c15-8-9-4-5-13-12(6-9)14-10-2-1-3-11(16)7-10/h1-8,16H,(H,13,14). The van der Waals surface area contributed by atoms with Gasteiger partial charge in [-0.05, 0) is 24.3 Å². The average molecular weight is 214 g/mol. The summed E-state index contributed by atoms with van der Waals surface area (Å²) in [5.74, 6) is 0.742. The van der Waals surface area contributed by atoms with Gasteiger partial charge in [-0.25, -0.2) is 4.98 Å². The molecule has 0 spiro atoms. The van der Waals surface area contributed by atoms with Crippen LogP contribution in [0, 0.1) is 0 Å². The Balaban J connectivity index is 2.23. The van der Waals surface area contributed by atoms with Gasteiger partial charge in [-0.15, -0.1) is 0 Å². The molecule has 0 fully saturated rings. The summed E-state index contributed by atoms with van der Waals surface area (Å²) in [5.41, 5.74) is 1.27. The summed E-state index contributed by atoms with van der Waals surface area (Å²) in [6.07, 6.45) is 2.31. The highest BCUT2D eigenvalue weighted by Gasteiger charge is 1.98. The van der Waals surface area contributed by atoms with Gasteiger partial charge in [-0.1, -0.05) is 6.07 Å². The largest absolute Gasteiger partial charge is 0.508 e. The number of carbonyl (C=O) groups excluding carboxylic acids is 1. The molecule has 0 radical (unpaired) electrons. The van der Waals surface area contributed by atoms with Crippen LogP contribution in [-0.2, 0) is 0 Å².